The molecule has 0 spiro atoms. The van der Waals surface area contributed by atoms with Gasteiger partial charge in [-0.05, 0) is 43.2 Å². The van der Waals surface area contributed by atoms with Crippen LogP contribution in [0.4, 0.5) is 10.1 Å². The maximum absolute atomic E-state index is 13.6. The van der Waals surface area contributed by atoms with E-state index >= 15 is 0 Å². The van der Waals surface area contributed by atoms with Gasteiger partial charge in [-0.25, -0.2) is 4.39 Å². The standard InChI is InChI=1S/C21H22FN3O2.ClH/c22-15-5-8-17-18(13-15)21(26)24-19(20(17)27-12-9-23)14-3-6-16(7-4-14)25-10-1-2-11-25;/h3-8,13H,1-2,9-12,23H2,(H,24,26);1H. The molecule has 0 aliphatic carbocycles. The van der Waals surface area contributed by atoms with Crippen LogP contribution in [0.25, 0.3) is 22.0 Å². The number of nitrogens with zero attached hydrogens (tertiary/aromatic N) is 1. The van der Waals surface area contributed by atoms with E-state index in [9.17, 15) is 9.18 Å². The highest BCUT2D eigenvalue weighted by molar-refractivity contribution is 5.93. The molecule has 1 fully saturated rings. The van der Waals surface area contributed by atoms with Crippen LogP contribution in [0.1, 0.15) is 12.8 Å². The van der Waals surface area contributed by atoms with Crippen LogP contribution in [0.15, 0.2) is 47.3 Å². The van der Waals surface area contributed by atoms with E-state index in [0.29, 0.717) is 30.0 Å². The highest BCUT2D eigenvalue weighted by atomic mass is 35.5. The minimum absolute atomic E-state index is 0. The van der Waals surface area contributed by atoms with Crippen molar-refractivity contribution in [3.8, 4) is 17.0 Å². The molecular weight excluding hydrogens is 381 g/mol. The van der Waals surface area contributed by atoms with Crippen molar-refractivity contribution < 1.29 is 9.13 Å². The van der Waals surface area contributed by atoms with Gasteiger partial charge in [-0.2, -0.15) is 0 Å². The van der Waals surface area contributed by atoms with Gasteiger partial charge in [0.1, 0.15) is 12.4 Å². The first-order valence-corrected chi connectivity index (χ1v) is 9.21. The Hall–Kier alpha value is -2.57. The van der Waals surface area contributed by atoms with Gasteiger partial charge in [0.15, 0.2) is 5.75 Å². The Bertz CT molecular complexity index is 1010. The Morgan fingerprint density at radius 1 is 1.07 bits per heavy atom. The second-order valence-electron chi connectivity index (χ2n) is 6.73. The van der Waals surface area contributed by atoms with Crippen LogP contribution >= 0.6 is 12.4 Å². The van der Waals surface area contributed by atoms with Crippen LogP contribution in [0.2, 0.25) is 0 Å². The molecule has 1 aliphatic heterocycles. The Balaban J connectivity index is 0.00000225. The van der Waals surface area contributed by atoms with Crippen LogP contribution in [-0.2, 0) is 0 Å². The smallest absolute Gasteiger partial charge is 0.256 e. The number of nitrogens with one attached hydrogen (secondary N) is 1. The normalized spacial score (nSPS) is 13.6. The van der Waals surface area contributed by atoms with E-state index in [1.54, 1.807) is 6.07 Å². The number of hydrogen-bond acceptors (Lipinski definition) is 4. The van der Waals surface area contributed by atoms with Crippen LogP contribution in [0.3, 0.4) is 0 Å². The molecule has 0 radical (unpaired) electrons. The van der Waals surface area contributed by atoms with E-state index < -0.39 is 5.82 Å². The number of nitrogens with two attached hydrogens (primary N) is 1. The number of hydrogen-bond donors (Lipinski definition) is 2. The predicted octanol–water partition coefficient (Wildman–Crippen LogP) is 3.69. The topological polar surface area (TPSA) is 71.3 Å². The van der Waals surface area contributed by atoms with Gasteiger partial charge in [-0.1, -0.05) is 12.1 Å². The first-order chi connectivity index (χ1) is 13.2. The van der Waals surface area contributed by atoms with Gasteiger partial charge < -0.3 is 20.4 Å². The Morgan fingerprint density at radius 2 is 1.79 bits per heavy atom. The number of rotatable bonds is 5. The van der Waals surface area contributed by atoms with Crippen LogP contribution < -0.4 is 20.9 Å². The summed E-state index contributed by atoms with van der Waals surface area (Å²) in [6.07, 6.45) is 2.43. The quantitative estimate of drug-likeness (QED) is 0.681. The van der Waals surface area contributed by atoms with E-state index in [1.165, 1.54) is 30.7 Å². The van der Waals surface area contributed by atoms with Crippen molar-refractivity contribution >= 4 is 28.9 Å². The first kappa shape index (κ1) is 20.2. The molecule has 3 aromatic rings. The molecule has 3 N–H and O–H groups in total. The number of aromatic amines is 1. The van der Waals surface area contributed by atoms with Gasteiger partial charge in [0.25, 0.3) is 5.56 Å². The van der Waals surface area contributed by atoms with Crippen LogP contribution in [-0.4, -0.2) is 31.2 Å². The lowest BCUT2D eigenvalue weighted by Gasteiger charge is -2.18. The lowest BCUT2D eigenvalue weighted by molar-refractivity contribution is 0.332. The number of anilines is 1. The zero-order chi connectivity index (χ0) is 18.8. The van der Waals surface area contributed by atoms with E-state index in [0.717, 1.165) is 18.7 Å². The van der Waals surface area contributed by atoms with Crippen molar-refractivity contribution in [1.29, 1.82) is 0 Å². The van der Waals surface area contributed by atoms with Gasteiger partial charge in [0.2, 0.25) is 0 Å². The summed E-state index contributed by atoms with van der Waals surface area (Å²) in [5, 5.41) is 0.840. The molecule has 2 aromatic carbocycles. The Labute approximate surface area is 168 Å². The van der Waals surface area contributed by atoms with Crippen LogP contribution in [0.5, 0.6) is 5.75 Å². The number of H-pyrrole nitrogens is 1. The fourth-order valence-corrected chi connectivity index (χ4v) is 3.60. The third kappa shape index (κ3) is 3.84. The maximum Gasteiger partial charge on any atom is 0.256 e. The molecule has 2 heterocycles. The molecular formula is C21H23ClFN3O2. The number of fused-ring (bicyclic) bond motifs is 1. The van der Waals surface area contributed by atoms with E-state index in [-0.39, 0.29) is 23.4 Å². The van der Waals surface area contributed by atoms with Gasteiger partial charge in [-0.3, -0.25) is 4.79 Å². The molecule has 7 heteroatoms. The molecule has 1 aromatic heterocycles. The Kier molecular flexibility index (Phi) is 6.21. The third-order valence-electron chi connectivity index (χ3n) is 4.93. The predicted molar refractivity (Wildman–Crippen MR) is 113 cm³/mol. The maximum atomic E-state index is 13.6. The SMILES string of the molecule is Cl.NCCOc1c(-c2ccc(N3CCCC3)cc2)[nH]c(=O)c2cc(F)ccc12. The highest BCUT2D eigenvalue weighted by Crippen LogP contribution is 2.34. The zero-order valence-corrected chi connectivity index (χ0v) is 16.2. The zero-order valence-electron chi connectivity index (χ0n) is 15.4. The summed E-state index contributed by atoms with van der Waals surface area (Å²) in [6, 6.07) is 12.2. The van der Waals surface area contributed by atoms with Gasteiger partial charge in [-0.15, -0.1) is 12.4 Å². The summed E-state index contributed by atoms with van der Waals surface area (Å²) >= 11 is 0. The number of halogens is 2. The second-order valence-corrected chi connectivity index (χ2v) is 6.73. The first-order valence-electron chi connectivity index (χ1n) is 9.21. The fourth-order valence-electron chi connectivity index (χ4n) is 3.60. The molecule has 28 heavy (non-hydrogen) atoms. The van der Waals surface area contributed by atoms with Gasteiger partial charge >= 0.3 is 0 Å². The Morgan fingerprint density at radius 3 is 2.46 bits per heavy atom. The van der Waals surface area contributed by atoms with E-state index in [2.05, 4.69) is 22.0 Å². The molecule has 0 bridgehead atoms. The third-order valence-corrected chi connectivity index (χ3v) is 4.93. The average molecular weight is 404 g/mol. The molecule has 0 amide bonds. The van der Waals surface area contributed by atoms with E-state index in [1.807, 2.05) is 12.1 Å². The van der Waals surface area contributed by atoms with Crippen molar-refractivity contribution in [3.05, 3.63) is 58.6 Å². The van der Waals surface area contributed by atoms with Crippen LogP contribution in [0, 0.1) is 5.82 Å². The lowest BCUT2D eigenvalue weighted by atomic mass is 10.0. The molecule has 0 atom stereocenters. The van der Waals surface area contributed by atoms with Crippen molar-refractivity contribution in [2.24, 2.45) is 5.73 Å². The van der Waals surface area contributed by atoms with Crippen molar-refractivity contribution in [2.45, 2.75) is 12.8 Å². The number of pyridine rings is 1. The summed E-state index contributed by atoms with van der Waals surface area (Å²) in [4.78, 5) is 17.7. The minimum Gasteiger partial charge on any atom is -0.489 e. The molecule has 0 unspecified atom stereocenters. The molecule has 1 saturated heterocycles. The molecule has 1 aliphatic rings. The fraction of sp³-hybridized carbons (Fsp3) is 0.286. The van der Waals surface area contributed by atoms with Crippen molar-refractivity contribution in [2.75, 3.05) is 31.1 Å². The highest BCUT2D eigenvalue weighted by Gasteiger charge is 2.17. The largest absolute Gasteiger partial charge is 0.489 e. The van der Waals surface area contributed by atoms with E-state index in [4.69, 9.17) is 10.5 Å². The van der Waals surface area contributed by atoms with Crippen molar-refractivity contribution in [3.63, 3.8) is 0 Å². The summed E-state index contributed by atoms with van der Waals surface area (Å²) in [5.41, 5.74) is 7.84. The van der Waals surface area contributed by atoms with Crippen molar-refractivity contribution in [1.82, 2.24) is 4.98 Å². The molecule has 4 rings (SSSR count). The molecule has 5 nitrogen and oxygen atoms in total. The lowest BCUT2D eigenvalue weighted by Crippen LogP contribution is -2.17. The van der Waals surface area contributed by atoms with Gasteiger partial charge in [0.05, 0.1) is 11.1 Å². The average Bonchev–Trinajstić information content (AvgIpc) is 3.22. The molecule has 0 saturated carbocycles. The van der Waals surface area contributed by atoms with Gasteiger partial charge in [0, 0.05) is 36.3 Å². The number of ether oxygens (including phenoxy) is 1. The minimum atomic E-state index is -0.458. The summed E-state index contributed by atoms with van der Waals surface area (Å²) in [5.74, 6) is 0.0597. The second kappa shape index (κ2) is 8.63. The summed E-state index contributed by atoms with van der Waals surface area (Å²) in [6.45, 7) is 2.79. The number of aromatic nitrogens is 1. The molecule has 148 valence electrons. The summed E-state index contributed by atoms with van der Waals surface area (Å²) in [7, 11) is 0. The number of benzene rings is 2. The summed E-state index contributed by atoms with van der Waals surface area (Å²) < 4.78 is 19.4. The monoisotopic (exact) mass is 403 g/mol.